The number of halogens is 1. The van der Waals surface area contributed by atoms with Gasteiger partial charge in [0.25, 0.3) is 0 Å². The molecule has 5 heteroatoms. The molecule has 19 heavy (non-hydrogen) atoms. The molecule has 2 rings (SSSR count). The molecular weight excluding hydrogens is 247 g/mol. The van der Waals surface area contributed by atoms with E-state index in [1.54, 1.807) is 12.4 Å². The van der Waals surface area contributed by atoms with E-state index in [4.69, 9.17) is 5.11 Å². The Labute approximate surface area is 110 Å². The summed E-state index contributed by atoms with van der Waals surface area (Å²) in [5.74, 6) is -0.555. The van der Waals surface area contributed by atoms with E-state index in [1.165, 1.54) is 12.1 Å². The quantitative estimate of drug-likeness (QED) is 0.921. The van der Waals surface area contributed by atoms with E-state index in [0.717, 1.165) is 11.9 Å². The fourth-order valence-corrected chi connectivity index (χ4v) is 2.02. The van der Waals surface area contributed by atoms with Gasteiger partial charge in [-0.2, -0.15) is 0 Å². The van der Waals surface area contributed by atoms with Gasteiger partial charge in [0.1, 0.15) is 11.6 Å². The number of hydrogen-bond acceptors (Lipinski definition) is 2. The summed E-state index contributed by atoms with van der Waals surface area (Å²) in [6.07, 6.45) is 3.48. The van der Waals surface area contributed by atoms with Gasteiger partial charge in [0.05, 0.1) is 5.56 Å². The van der Waals surface area contributed by atoms with Gasteiger partial charge in [-0.1, -0.05) is 19.9 Å². The van der Waals surface area contributed by atoms with Crippen molar-refractivity contribution >= 4 is 5.97 Å². The molecule has 4 nitrogen and oxygen atoms in total. The number of nitrogens with zero attached hydrogens (tertiary/aromatic N) is 2. The number of aromatic nitrogens is 2. The van der Waals surface area contributed by atoms with Crippen LogP contribution in [0.4, 0.5) is 4.39 Å². The number of rotatable bonds is 4. The van der Waals surface area contributed by atoms with Crippen molar-refractivity contribution in [1.29, 1.82) is 0 Å². The summed E-state index contributed by atoms with van der Waals surface area (Å²) >= 11 is 0. The lowest BCUT2D eigenvalue weighted by atomic mass is 10.1. The highest BCUT2D eigenvalue weighted by Crippen LogP contribution is 2.17. The standard InChI is InChI=1S/C14H15FN2O2/c1-9(2)13-16-5-6-17(13)8-10-3-4-11(15)7-12(10)14(18)19/h3-7,9H,8H2,1-2H3,(H,18,19). The first-order valence-electron chi connectivity index (χ1n) is 6.01. The van der Waals surface area contributed by atoms with E-state index in [-0.39, 0.29) is 11.5 Å². The van der Waals surface area contributed by atoms with Crippen LogP contribution >= 0.6 is 0 Å². The molecule has 0 unspecified atom stereocenters. The highest BCUT2D eigenvalue weighted by atomic mass is 19.1. The predicted molar refractivity (Wildman–Crippen MR) is 68.8 cm³/mol. The Morgan fingerprint density at radius 3 is 2.84 bits per heavy atom. The molecule has 0 atom stereocenters. The van der Waals surface area contributed by atoms with Gasteiger partial charge >= 0.3 is 5.97 Å². The predicted octanol–water partition coefficient (Wildman–Crippen LogP) is 2.89. The van der Waals surface area contributed by atoms with Crippen molar-refractivity contribution in [3.8, 4) is 0 Å². The molecule has 0 amide bonds. The number of hydrogen-bond donors (Lipinski definition) is 1. The first kappa shape index (κ1) is 13.3. The summed E-state index contributed by atoms with van der Waals surface area (Å²) in [7, 11) is 0. The lowest BCUT2D eigenvalue weighted by Gasteiger charge is -2.12. The maximum Gasteiger partial charge on any atom is 0.336 e. The third-order valence-electron chi connectivity index (χ3n) is 2.91. The van der Waals surface area contributed by atoms with Crippen LogP contribution in [0.3, 0.4) is 0 Å². The molecule has 100 valence electrons. The Hall–Kier alpha value is -2.17. The molecule has 0 saturated heterocycles. The normalized spacial score (nSPS) is 10.9. The van der Waals surface area contributed by atoms with Crippen LogP contribution in [0.1, 0.15) is 41.5 Å². The van der Waals surface area contributed by atoms with E-state index in [0.29, 0.717) is 12.1 Å². The molecule has 1 heterocycles. The molecule has 0 aliphatic carbocycles. The molecule has 0 fully saturated rings. The van der Waals surface area contributed by atoms with Crippen molar-refractivity contribution in [2.75, 3.05) is 0 Å². The summed E-state index contributed by atoms with van der Waals surface area (Å²) in [4.78, 5) is 15.4. The lowest BCUT2D eigenvalue weighted by molar-refractivity contribution is 0.0695. The van der Waals surface area contributed by atoms with Crippen LogP contribution in [0.15, 0.2) is 30.6 Å². The molecule has 1 N–H and O–H groups in total. The highest BCUT2D eigenvalue weighted by molar-refractivity contribution is 5.89. The zero-order valence-electron chi connectivity index (χ0n) is 10.8. The summed E-state index contributed by atoms with van der Waals surface area (Å²) in [5.41, 5.74) is 0.553. The van der Waals surface area contributed by atoms with Crippen molar-refractivity contribution < 1.29 is 14.3 Å². The van der Waals surface area contributed by atoms with Gasteiger partial charge in [0, 0.05) is 24.9 Å². The molecular formula is C14H15FN2O2. The maximum absolute atomic E-state index is 13.1. The monoisotopic (exact) mass is 262 g/mol. The number of aromatic carboxylic acids is 1. The van der Waals surface area contributed by atoms with Gasteiger partial charge in [-0.25, -0.2) is 14.2 Å². The summed E-state index contributed by atoms with van der Waals surface area (Å²) < 4.78 is 15.0. The minimum absolute atomic E-state index is 0.0107. The van der Waals surface area contributed by atoms with E-state index in [9.17, 15) is 9.18 Å². The summed E-state index contributed by atoms with van der Waals surface area (Å²) in [6.45, 7) is 4.40. The number of benzene rings is 1. The minimum Gasteiger partial charge on any atom is -0.478 e. The molecule has 0 aliphatic heterocycles. The molecule has 0 bridgehead atoms. The number of carboxylic acids is 1. The van der Waals surface area contributed by atoms with E-state index < -0.39 is 11.8 Å². The Kier molecular flexibility index (Phi) is 3.64. The smallest absolute Gasteiger partial charge is 0.336 e. The minimum atomic E-state index is -1.12. The Morgan fingerprint density at radius 2 is 2.21 bits per heavy atom. The molecule has 0 aliphatic rings. The average Bonchev–Trinajstić information content (AvgIpc) is 2.79. The fraction of sp³-hybridized carbons (Fsp3) is 0.286. The van der Waals surface area contributed by atoms with Crippen molar-refractivity contribution in [1.82, 2.24) is 9.55 Å². The average molecular weight is 262 g/mol. The van der Waals surface area contributed by atoms with Gasteiger partial charge in [0.15, 0.2) is 0 Å². The molecule has 2 aromatic rings. The van der Waals surface area contributed by atoms with Gasteiger partial charge in [-0.3, -0.25) is 0 Å². The van der Waals surface area contributed by atoms with E-state index in [2.05, 4.69) is 4.98 Å². The third-order valence-corrected chi connectivity index (χ3v) is 2.91. The van der Waals surface area contributed by atoms with Crippen molar-refractivity contribution in [3.05, 3.63) is 53.4 Å². The van der Waals surface area contributed by atoms with Gasteiger partial charge in [0.2, 0.25) is 0 Å². The molecule has 1 aromatic carbocycles. The second kappa shape index (κ2) is 5.22. The molecule has 0 radical (unpaired) electrons. The van der Waals surface area contributed by atoms with E-state index in [1.807, 2.05) is 18.4 Å². The number of carbonyl (C=O) groups is 1. The van der Waals surface area contributed by atoms with E-state index >= 15 is 0 Å². The Bertz CT molecular complexity index is 605. The van der Waals surface area contributed by atoms with Gasteiger partial charge in [-0.15, -0.1) is 0 Å². The van der Waals surface area contributed by atoms with Crippen LogP contribution in [0, 0.1) is 5.82 Å². The van der Waals surface area contributed by atoms with Crippen LogP contribution in [0.2, 0.25) is 0 Å². The zero-order valence-corrected chi connectivity index (χ0v) is 10.8. The second-order valence-electron chi connectivity index (χ2n) is 4.67. The van der Waals surface area contributed by atoms with Gasteiger partial charge in [-0.05, 0) is 17.7 Å². The summed E-state index contributed by atoms with van der Waals surface area (Å²) in [6, 6.07) is 3.82. The zero-order chi connectivity index (χ0) is 14.0. The van der Waals surface area contributed by atoms with Crippen LogP contribution in [-0.2, 0) is 6.54 Å². The first-order valence-corrected chi connectivity index (χ1v) is 6.01. The highest BCUT2D eigenvalue weighted by Gasteiger charge is 2.14. The fourth-order valence-electron chi connectivity index (χ4n) is 2.02. The third kappa shape index (κ3) is 2.81. The number of imidazole rings is 1. The first-order chi connectivity index (χ1) is 8.99. The summed E-state index contributed by atoms with van der Waals surface area (Å²) in [5, 5.41) is 9.11. The Morgan fingerprint density at radius 1 is 1.47 bits per heavy atom. The van der Waals surface area contributed by atoms with Crippen molar-refractivity contribution in [2.45, 2.75) is 26.3 Å². The largest absolute Gasteiger partial charge is 0.478 e. The topological polar surface area (TPSA) is 55.1 Å². The Balaban J connectivity index is 2.38. The maximum atomic E-state index is 13.1. The van der Waals surface area contributed by atoms with Crippen molar-refractivity contribution in [2.24, 2.45) is 0 Å². The van der Waals surface area contributed by atoms with Crippen molar-refractivity contribution in [3.63, 3.8) is 0 Å². The van der Waals surface area contributed by atoms with Crippen LogP contribution in [0.25, 0.3) is 0 Å². The van der Waals surface area contributed by atoms with Crippen LogP contribution in [0.5, 0.6) is 0 Å². The van der Waals surface area contributed by atoms with Gasteiger partial charge < -0.3 is 9.67 Å². The molecule has 0 spiro atoms. The second-order valence-corrected chi connectivity index (χ2v) is 4.67. The SMILES string of the molecule is CC(C)c1nccn1Cc1ccc(F)cc1C(=O)O. The van der Waals surface area contributed by atoms with Crippen LogP contribution in [-0.4, -0.2) is 20.6 Å². The molecule has 1 aromatic heterocycles. The molecule has 0 saturated carbocycles. The van der Waals surface area contributed by atoms with Crippen LogP contribution < -0.4 is 0 Å². The number of carboxylic acid groups (broad SMARTS) is 1. The lowest BCUT2D eigenvalue weighted by Crippen LogP contribution is -2.10.